The van der Waals surface area contributed by atoms with Gasteiger partial charge in [-0.15, -0.1) is 0 Å². The molecule has 0 spiro atoms. The monoisotopic (exact) mass is 404 g/mol. The lowest BCUT2D eigenvalue weighted by molar-refractivity contribution is -0.120. The maximum Gasteiger partial charge on any atom is 0.330 e. The Labute approximate surface area is 175 Å². The van der Waals surface area contributed by atoms with Gasteiger partial charge in [-0.25, -0.2) is 4.79 Å². The van der Waals surface area contributed by atoms with E-state index in [0.717, 1.165) is 43.4 Å². The fourth-order valence-electron chi connectivity index (χ4n) is 5.42. The average Bonchev–Trinajstić information content (AvgIpc) is 3.32. The van der Waals surface area contributed by atoms with Crippen molar-refractivity contribution in [2.75, 3.05) is 13.1 Å². The number of aromatic nitrogens is 2. The number of aryl methyl sites for hydroxylation is 1. The number of carbonyl (C=O) groups is 1. The van der Waals surface area contributed by atoms with Crippen molar-refractivity contribution in [1.29, 1.82) is 0 Å². The van der Waals surface area contributed by atoms with Crippen LogP contribution in [0.1, 0.15) is 55.4 Å². The zero-order chi connectivity index (χ0) is 20.8. The maximum absolute atomic E-state index is 13.3. The van der Waals surface area contributed by atoms with Crippen LogP contribution in [-0.2, 0) is 11.2 Å². The van der Waals surface area contributed by atoms with E-state index in [9.17, 15) is 9.59 Å². The van der Waals surface area contributed by atoms with Crippen LogP contribution in [0.3, 0.4) is 0 Å². The first-order chi connectivity index (χ1) is 14.6. The average molecular weight is 405 g/mol. The molecular weight excluding hydrogens is 376 g/mol. The normalized spacial score (nSPS) is 21.0. The van der Waals surface area contributed by atoms with E-state index in [-0.39, 0.29) is 11.7 Å². The lowest BCUT2D eigenvalue weighted by atomic mass is 10.00. The Morgan fingerprint density at radius 2 is 1.67 bits per heavy atom. The Morgan fingerprint density at radius 1 is 1.00 bits per heavy atom. The summed E-state index contributed by atoms with van der Waals surface area (Å²) in [5.74, 6) is -0.491. The zero-order valence-corrected chi connectivity index (χ0v) is 17.3. The fourth-order valence-corrected chi connectivity index (χ4v) is 5.42. The first-order valence-corrected chi connectivity index (χ1v) is 10.9. The minimum absolute atomic E-state index is 0.132. The molecule has 2 N–H and O–H groups in total. The number of fused-ring (bicyclic) bond motifs is 2. The molecule has 2 aliphatic rings. The van der Waals surface area contributed by atoms with Gasteiger partial charge in [-0.05, 0) is 55.9 Å². The Hall–Kier alpha value is -2.86. The smallest absolute Gasteiger partial charge is 0.330 e. The number of primary amides is 1. The third kappa shape index (κ3) is 2.98. The Morgan fingerprint density at radius 3 is 2.40 bits per heavy atom. The van der Waals surface area contributed by atoms with E-state index in [2.05, 4.69) is 29.2 Å². The summed E-state index contributed by atoms with van der Waals surface area (Å²) in [6.07, 6.45) is 4.19. The van der Waals surface area contributed by atoms with Gasteiger partial charge in [-0.2, -0.15) is 0 Å². The Bertz CT molecular complexity index is 1150. The second kappa shape index (κ2) is 7.43. The number of likely N-dealkylation sites (tertiary alicyclic amines) is 1. The molecular formula is C24H28N4O2. The van der Waals surface area contributed by atoms with Crippen LogP contribution in [0.5, 0.6) is 0 Å². The highest BCUT2D eigenvalue weighted by Crippen LogP contribution is 2.38. The van der Waals surface area contributed by atoms with E-state index in [1.807, 2.05) is 28.8 Å². The highest BCUT2D eigenvalue weighted by Gasteiger charge is 2.32. The molecule has 1 aliphatic carbocycles. The summed E-state index contributed by atoms with van der Waals surface area (Å²) in [6.45, 7) is 3.64. The molecule has 30 heavy (non-hydrogen) atoms. The number of hydrogen-bond donors (Lipinski definition) is 1. The van der Waals surface area contributed by atoms with Crippen LogP contribution in [0.15, 0.2) is 53.3 Å². The molecule has 6 heteroatoms. The summed E-state index contributed by atoms with van der Waals surface area (Å²) in [5, 5.41) is 0. The number of benzene rings is 2. The van der Waals surface area contributed by atoms with Gasteiger partial charge < -0.3 is 5.73 Å². The van der Waals surface area contributed by atoms with Gasteiger partial charge >= 0.3 is 5.69 Å². The van der Waals surface area contributed by atoms with Crippen molar-refractivity contribution in [2.45, 2.75) is 50.7 Å². The van der Waals surface area contributed by atoms with Crippen LogP contribution >= 0.6 is 0 Å². The molecule has 0 saturated carbocycles. The highest BCUT2D eigenvalue weighted by molar-refractivity contribution is 5.82. The SMILES string of the molecule is CC(C(N)=O)n1c(=O)n(C2CCN(C3CCc4ccccc43)CC2)c2ccccc21. The summed E-state index contributed by atoms with van der Waals surface area (Å²) >= 11 is 0. The molecule has 5 rings (SSSR count). The van der Waals surface area contributed by atoms with Crippen molar-refractivity contribution in [3.63, 3.8) is 0 Å². The van der Waals surface area contributed by atoms with Gasteiger partial charge in [0.05, 0.1) is 11.0 Å². The largest absolute Gasteiger partial charge is 0.368 e. The summed E-state index contributed by atoms with van der Waals surface area (Å²) in [7, 11) is 0. The molecule has 1 aliphatic heterocycles. The third-order valence-electron chi connectivity index (χ3n) is 7.02. The molecule has 1 amide bonds. The van der Waals surface area contributed by atoms with E-state index >= 15 is 0 Å². The van der Waals surface area contributed by atoms with Gasteiger partial charge in [-0.3, -0.25) is 18.8 Å². The van der Waals surface area contributed by atoms with Crippen molar-refractivity contribution in [3.05, 3.63) is 70.1 Å². The molecule has 2 atom stereocenters. The second-order valence-electron chi connectivity index (χ2n) is 8.61. The topological polar surface area (TPSA) is 73.3 Å². The second-order valence-corrected chi connectivity index (χ2v) is 8.61. The van der Waals surface area contributed by atoms with Gasteiger partial charge in [0, 0.05) is 25.2 Å². The lowest BCUT2D eigenvalue weighted by Gasteiger charge is -2.36. The number of hydrogen-bond acceptors (Lipinski definition) is 3. The van der Waals surface area contributed by atoms with Crippen LogP contribution in [-0.4, -0.2) is 33.0 Å². The van der Waals surface area contributed by atoms with Crippen LogP contribution in [0.25, 0.3) is 11.0 Å². The van der Waals surface area contributed by atoms with Crippen molar-refractivity contribution in [2.24, 2.45) is 5.73 Å². The van der Waals surface area contributed by atoms with E-state index in [1.54, 1.807) is 11.5 Å². The van der Waals surface area contributed by atoms with E-state index in [4.69, 9.17) is 5.73 Å². The predicted octanol–water partition coefficient (Wildman–Crippen LogP) is 3.17. The summed E-state index contributed by atoms with van der Waals surface area (Å²) in [4.78, 5) is 27.7. The minimum atomic E-state index is -0.668. The van der Waals surface area contributed by atoms with E-state index < -0.39 is 11.9 Å². The minimum Gasteiger partial charge on any atom is -0.368 e. The van der Waals surface area contributed by atoms with Crippen LogP contribution in [0.4, 0.5) is 0 Å². The van der Waals surface area contributed by atoms with Crippen molar-refractivity contribution >= 4 is 16.9 Å². The number of imidazole rings is 1. The van der Waals surface area contributed by atoms with E-state index in [0.29, 0.717) is 6.04 Å². The molecule has 156 valence electrons. The molecule has 6 nitrogen and oxygen atoms in total. The number of nitrogens with zero attached hydrogens (tertiary/aromatic N) is 3. The zero-order valence-electron chi connectivity index (χ0n) is 17.3. The van der Waals surface area contributed by atoms with Gasteiger partial charge in [0.15, 0.2) is 0 Å². The first-order valence-electron chi connectivity index (χ1n) is 10.9. The molecule has 2 unspecified atom stereocenters. The standard InChI is InChI=1S/C24H28N4O2/c1-16(23(25)29)27-21-8-4-5-9-22(21)28(24(27)30)18-12-14-26(15-13-18)20-11-10-17-6-2-3-7-19(17)20/h2-9,16,18,20H,10-15H2,1H3,(H2,25,29). The fraction of sp³-hybridized carbons (Fsp3) is 0.417. The molecule has 3 aromatic rings. The van der Waals surface area contributed by atoms with Crippen LogP contribution in [0.2, 0.25) is 0 Å². The summed E-state index contributed by atoms with van der Waals surface area (Å²) < 4.78 is 3.45. The maximum atomic E-state index is 13.3. The summed E-state index contributed by atoms with van der Waals surface area (Å²) in [6, 6.07) is 16.5. The third-order valence-corrected chi connectivity index (χ3v) is 7.02. The van der Waals surface area contributed by atoms with Crippen LogP contribution in [0, 0.1) is 0 Å². The van der Waals surface area contributed by atoms with Crippen LogP contribution < -0.4 is 11.4 Å². The molecule has 0 bridgehead atoms. The number of piperidine rings is 1. The molecule has 2 heterocycles. The predicted molar refractivity (Wildman–Crippen MR) is 117 cm³/mol. The molecule has 0 radical (unpaired) electrons. The molecule has 1 aromatic heterocycles. The number of para-hydroxylation sites is 2. The van der Waals surface area contributed by atoms with Gasteiger partial charge in [0.25, 0.3) is 0 Å². The van der Waals surface area contributed by atoms with Gasteiger partial charge in [-0.1, -0.05) is 36.4 Å². The van der Waals surface area contributed by atoms with Gasteiger partial charge in [0.2, 0.25) is 5.91 Å². The Balaban J connectivity index is 1.43. The molecule has 1 fully saturated rings. The highest BCUT2D eigenvalue weighted by atomic mass is 16.2. The van der Waals surface area contributed by atoms with Gasteiger partial charge in [0.1, 0.15) is 6.04 Å². The van der Waals surface area contributed by atoms with Crippen molar-refractivity contribution in [3.8, 4) is 0 Å². The number of carbonyl (C=O) groups excluding carboxylic acids is 1. The lowest BCUT2D eigenvalue weighted by Crippen LogP contribution is -2.40. The number of rotatable bonds is 4. The summed E-state index contributed by atoms with van der Waals surface area (Å²) in [5.41, 5.74) is 10.0. The quantitative estimate of drug-likeness (QED) is 0.726. The number of amides is 1. The molecule has 2 aromatic carbocycles. The Kier molecular flexibility index (Phi) is 4.74. The van der Waals surface area contributed by atoms with E-state index in [1.165, 1.54) is 17.5 Å². The number of nitrogens with two attached hydrogens (primary N) is 1. The van der Waals surface area contributed by atoms with Crippen molar-refractivity contribution in [1.82, 2.24) is 14.0 Å². The van der Waals surface area contributed by atoms with Crippen molar-refractivity contribution < 1.29 is 4.79 Å². The first kappa shape index (κ1) is 19.1. The molecule has 1 saturated heterocycles.